The highest BCUT2D eigenvalue weighted by Gasteiger charge is 2.11. The zero-order chi connectivity index (χ0) is 10.4. The molecule has 0 fully saturated rings. The molecule has 0 bridgehead atoms. The normalized spacial score (nSPS) is 11.3. The Labute approximate surface area is 89.1 Å². The van der Waals surface area contributed by atoms with Crippen LogP contribution >= 0.6 is 11.6 Å². The summed E-state index contributed by atoms with van der Waals surface area (Å²) in [7, 11) is 0. The third-order valence-electron chi connectivity index (χ3n) is 2.40. The lowest BCUT2D eigenvalue weighted by molar-refractivity contribution is 0.931. The molecule has 2 aromatic heterocycles. The first-order valence-electron chi connectivity index (χ1n) is 4.41. The summed E-state index contributed by atoms with van der Waals surface area (Å²) < 4.78 is 1.69. The molecule has 2 heterocycles. The molecule has 0 saturated carbocycles. The first kappa shape index (κ1) is 8.49. The fourth-order valence-electron chi connectivity index (χ4n) is 1.75. The van der Waals surface area contributed by atoms with E-state index in [2.05, 4.69) is 10.2 Å². The summed E-state index contributed by atoms with van der Waals surface area (Å²) in [5.74, 6) is 0. The Morgan fingerprint density at radius 1 is 1.33 bits per heavy atom. The average molecular weight is 220 g/mol. The molecule has 0 saturated heterocycles. The van der Waals surface area contributed by atoms with Gasteiger partial charge in [-0.05, 0) is 6.07 Å². The van der Waals surface area contributed by atoms with Crippen molar-refractivity contribution in [2.75, 3.05) is 0 Å². The second kappa shape index (κ2) is 2.84. The number of benzene rings is 1. The van der Waals surface area contributed by atoms with Crippen molar-refractivity contribution in [2.24, 2.45) is 0 Å². The second-order valence-corrected chi connectivity index (χ2v) is 3.61. The van der Waals surface area contributed by atoms with Crippen LogP contribution in [0.4, 0.5) is 0 Å². The molecule has 0 amide bonds. The Morgan fingerprint density at radius 2 is 2.13 bits per heavy atom. The average Bonchev–Trinajstić information content (AvgIpc) is 2.55. The summed E-state index contributed by atoms with van der Waals surface area (Å²) in [6.45, 7) is 0. The van der Waals surface area contributed by atoms with Crippen LogP contribution in [0.25, 0.3) is 16.4 Å². The van der Waals surface area contributed by atoms with Crippen molar-refractivity contribution in [3.8, 4) is 0 Å². The molecule has 74 valence electrons. The lowest BCUT2D eigenvalue weighted by atomic mass is 10.2. The number of rotatable bonds is 0. The van der Waals surface area contributed by atoms with Gasteiger partial charge in [-0.1, -0.05) is 29.8 Å². The predicted molar refractivity (Wildman–Crippen MR) is 58.3 cm³/mol. The topological polar surface area (TPSA) is 50.2 Å². The molecule has 1 aromatic carbocycles. The van der Waals surface area contributed by atoms with Crippen LogP contribution in [0, 0.1) is 0 Å². The third-order valence-corrected chi connectivity index (χ3v) is 2.79. The largest absolute Gasteiger partial charge is 0.292 e. The van der Waals surface area contributed by atoms with Crippen molar-refractivity contribution in [1.29, 1.82) is 0 Å². The minimum Gasteiger partial charge on any atom is -0.292 e. The van der Waals surface area contributed by atoms with Crippen LogP contribution in [0.2, 0.25) is 5.02 Å². The summed E-state index contributed by atoms with van der Waals surface area (Å²) in [6, 6.07) is 7.56. The number of H-pyrrole nitrogens is 1. The number of nitrogens with one attached hydrogen (secondary N) is 1. The molecule has 0 aliphatic rings. The molecular formula is C10H6ClN3O. The molecule has 1 N–H and O–H groups in total. The van der Waals surface area contributed by atoms with Gasteiger partial charge in [-0.2, -0.15) is 5.10 Å². The Bertz CT molecular complexity index is 713. The number of nitrogens with zero attached hydrogens (tertiary/aromatic N) is 2. The summed E-state index contributed by atoms with van der Waals surface area (Å²) >= 11 is 6.13. The van der Waals surface area contributed by atoms with Gasteiger partial charge in [-0.15, -0.1) is 0 Å². The highest BCUT2D eigenvalue weighted by molar-refractivity contribution is 6.39. The molecule has 0 unspecified atom stereocenters. The molecule has 0 aliphatic carbocycles. The lowest BCUT2D eigenvalue weighted by Gasteiger charge is -1.92. The van der Waals surface area contributed by atoms with E-state index in [-0.39, 0.29) is 5.56 Å². The fraction of sp³-hybridized carbons (Fsp3) is 0. The van der Waals surface area contributed by atoms with E-state index < -0.39 is 0 Å². The zero-order valence-electron chi connectivity index (χ0n) is 7.57. The quantitative estimate of drug-likeness (QED) is 0.627. The summed E-state index contributed by atoms with van der Waals surface area (Å²) in [5.41, 5.74) is 1.04. The van der Waals surface area contributed by atoms with E-state index in [0.29, 0.717) is 10.5 Å². The van der Waals surface area contributed by atoms with Gasteiger partial charge in [0.05, 0.1) is 10.5 Å². The van der Waals surface area contributed by atoms with E-state index in [1.165, 1.54) is 0 Å². The fourth-order valence-corrected chi connectivity index (χ4v) is 2.09. The number of halogens is 1. The maximum Gasteiger partial charge on any atom is 0.290 e. The number of aromatic amines is 1. The van der Waals surface area contributed by atoms with Gasteiger partial charge in [-0.3, -0.25) is 9.20 Å². The third kappa shape index (κ3) is 1.02. The Balaban J connectivity index is 2.76. The summed E-state index contributed by atoms with van der Waals surface area (Å²) in [4.78, 5) is 11.5. The molecule has 3 aromatic rings. The van der Waals surface area contributed by atoms with Gasteiger partial charge in [0.1, 0.15) is 11.8 Å². The SMILES string of the molecule is O=c1[nH]ncn2c1c(Cl)c1ccccc12. The summed E-state index contributed by atoms with van der Waals surface area (Å²) in [6.07, 6.45) is 1.55. The molecule has 0 atom stereocenters. The lowest BCUT2D eigenvalue weighted by Crippen LogP contribution is -2.10. The zero-order valence-corrected chi connectivity index (χ0v) is 8.32. The van der Waals surface area contributed by atoms with Crippen molar-refractivity contribution in [2.45, 2.75) is 0 Å². The van der Waals surface area contributed by atoms with Crippen LogP contribution in [0.15, 0.2) is 35.4 Å². The van der Waals surface area contributed by atoms with Crippen LogP contribution in [0.3, 0.4) is 0 Å². The molecule has 0 spiro atoms. The van der Waals surface area contributed by atoms with Gasteiger partial charge in [0.25, 0.3) is 5.56 Å². The molecule has 0 radical (unpaired) electrons. The minimum absolute atomic E-state index is 0.279. The molecule has 3 rings (SSSR count). The van der Waals surface area contributed by atoms with Crippen molar-refractivity contribution in [3.05, 3.63) is 46.0 Å². The van der Waals surface area contributed by atoms with Gasteiger partial charge < -0.3 is 0 Å². The van der Waals surface area contributed by atoms with Crippen LogP contribution in [-0.2, 0) is 0 Å². The Morgan fingerprint density at radius 3 is 3.00 bits per heavy atom. The first-order chi connectivity index (χ1) is 7.29. The number of hydrogen-bond acceptors (Lipinski definition) is 2. The predicted octanol–water partition coefficient (Wildman–Crippen LogP) is 1.83. The van der Waals surface area contributed by atoms with E-state index in [9.17, 15) is 4.79 Å². The number of fused-ring (bicyclic) bond motifs is 3. The van der Waals surface area contributed by atoms with Gasteiger partial charge in [0.15, 0.2) is 0 Å². The maximum absolute atomic E-state index is 11.5. The highest BCUT2D eigenvalue weighted by Crippen LogP contribution is 2.27. The van der Waals surface area contributed by atoms with Gasteiger partial charge in [0, 0.05) is 5.39 Å². The van der Waals surface area contributed by atoms with E-state index in [0.717, 1.165) is 10.9 Å². The van der Waals surface area contributed by atoms with Crippen LogP contribution < -0.4 is 5.56 Å². The van der Waals surface area contributed by atoms with Crippen molar-refractivity contribution in [1.82, 2.24) is 14.6 Å². The van der Waals surface area contributed by atoms with Crippen LogP contribution in [0.1, 0.15) is 0 Å². The number of para-hydroxylation sites is 1. The number of hydrogen-bond donors (Lipinski definition) is 1. The molecule has 4 nitrogen and oxygen atoms in total. The first-order valence-corrected chi connectivity index (χ1v) is 4.79. The maximum atomic E-state index is 11.5. The standard InChI is InChI=1S/C10H6ClN3O/c11-8-6-3-1-2-4-7(6)14-5-12-13-10(15)9(8)14/h1-5H,(H,13,15). The van der Waals surface area contributed by atoms with Gasteiger partial charge >= 0.3 is 0 Å². The van der Waals surface area contributed by atoms with Crippen molar-refractivity contribution < 1.29 is 0 Å². The molecule has 15 heavy (non-hydrogen) atoms. The van der Waals surface area contributed by atoms with Crippen LogP contribution in [0.5, 0.6) is 0 Å². The van der Waals surface area contributed by atoms with E-state index >= 15 is 0 Å². The monoisotopic (exact) mass is 219 g/mol. The molecular weight excluding hydrogens is 214 g/mol. The van der Waals surface area contributed by atoms with Gasteiger partial charge in [-0.25, -0.2) is 5.10 Å². The van der Waals surface area contributed by atoms with E-state index in [4.69, 9.17) is 11.6 Å². The second-order valence-electron chi connectivity index (χ2n) is 3.24. The van der Waals surface area contributed by atoms with Crippen molar-refractivity contribution >= 4 is 28.0 Å². The van der Waals surface area contributed by atoms with Crippen molar-refractivity contribution in [3.63, 3.8) is 0 Å². The Hall–Kier alpha value is -1.81. The molecule has 5 heteroatoms. The summed E-state index contributed by atoms with van der Waals surface area (Å²) in [5, 5.41) is 7.43. The minimum atomic E-state index is -0.279. The smallest absolute Gasteiger partial charge is 0.290 e. The highest BCUT2D eigenvalue weighted by atomic mass is 35.5. The van der Waals surface area contributed by atoms with E-state index in [1.54, 1.807) is 10.7 Å². The molecule has 0 aliphatic heterocycles. The van der Waals surface area contributed by atoms with Crippen LogP contribution in [-0.4, -0.2) is 14.6 Å². The van der Waals surface area contributed by atoms with E-state index in [1.807, 2.05) is 24.3 Å². The Kier molecular flexibility index (Phi) is 1.61. The van der Waals surface area contributed by atoms with Gasteiger partial charge in [0.2, 0.25) is 0 Å². The number of aromatic nitrogens is 3.